The van der Waals surface area contributed by atoms with Crippen LogP contribution < -0.4 is 10.6 Å². The fourth-order valence-corrected chi connectivity index (χ4v) is 3.03. The van der Waals surface area contributed by atoms with Gasteiger partial charge in [0.05, 0.1) is 12.8 Å². The molecule has 0 spiro atoms. The highest BCUT2D eigenvalue weighted by atomic mass is 16.6. The molecule has 1 aromatic rings. The zero-order chi connectivity index (χ0) is 16.8. The topological polar surface area (TPSA) is 101 Å². The molecular weight excluding hydrogens is 312 g/mol. The predicted molar refractivity (Wildman–Crippen MR) is 85.5 cm³/mol. The van der Waals surface area contributed by atoms with E-state index >= 15 is 0 Å². The van der Waals surface area contributed by atoms with Crippen LogP contribution in [-0.2, 0) is 11.3 Å². The van der Waals surface area contributed by atoms with E-state index in [9.17, 15) is 9.59 Å². The minimum Gasteiger partial charge on any atom is -0.449 e. The number of amides is 2. The third-order valence-corrected chi connectivity index (χ3v) is 4.34. The van der Waals surface area contributed by atoms with E-state index in [0.29, 0.717) is 37.9 Å². The number of carbonyl (C=O) groups excluding carboxylic acids is 2. The van der Waals surface area contributed by atoms with E-state index in [1.807, 2.05) is 0 Å². The highest BCUT2D eigenvalue weighted by Gasteiger charge is 2.20. The first kappa shape index (κ1) is 16.7. The van der Waals surface area contributed by atoms with E-state index in [0.717, 1.165) is 26.1 Å². The average molecular weight is 336 g/mol. The third-order valence-electron chi connectivity index (χ3n) is 4.34. The van der Waals surface area contributed by atoms with Crippen LogP contribution in [0.2, 0.25) is 0 Å². The van der Waals surface area contributed by atoms with Gasteiger partial charge < -0.3 is 20.3 Å². The molecule has 2 aliphatic rings. The molecule has 0 bridgehead atoms. The Morgan fingerprint density at radius 3 is 3.17 bits per heavy atom. The molecule has 9 nitrogen and oxygen atoms in total. The summed E-state index contributed by atoms with van der Waals surface area (Å²) in [6, 6.07) is 0. The molecule has 3 rings (SSSR count). The Bertz CT molecular complexity index is 569. The largest absolute Gasteiger partial charge is 0.449 e. The summed E-state index contributed by atoms with van der Waals surface area (Å²) in [6.45, 7) is 4.77. The molecule has 2 saturated heterocycles. The van der Waals surface area contributed by atoms with Gasteiger partial charge in [-0.25, -0.2) is 4.79 Å². The number of rotatable bonds is 6. The van der Waals surface area contributed by atoms with Gasteiger partial charge in [0.1, 0.15) is 0 Å². The standard InChI is InChI=1S/C15H24N6O3/c22-14(17-5-7-20-6-2-8-24-15(20)23)13-11-21(19-18-13)10-12-3-1-4-16-9-12/h11-12,16H,1-10H2,(H,17,22)/t12-/m0/s1. The van der Waals surface area contributed by atoms with Crippen LogP contribution in [-0.4, -0.2) is 71.2 Å². The molecule has 0 radical (unpaired) electrons. The third kappa shape index (κ3) is 4.44. The molecule has 0 aromatic carbocycles. The van der Waals surface area contributed by atoms with Gasteiger partial charge in [0.2, 0.25) is 0 Å². The molecule has 2 fully saturated rings. The summed E-state index contributed by atoms with van der Waals surface area (Å²) in [5.74, 6) is 0.259. The van der Waals surface area contributed by atoms with E-state index in [2.05, 4.69) is 20.9 Å². The van der Waals surface area contributed by atoms with Crippen molar-refractivity contribution in [2.24, 2.45) is 5.92 Å². The molecular formula is C15H24N6O3. The van der Waals surface area contributed by atoms with Crippen LogP contribution in [0.4, 0.5) is 4.79 Å². The lowest BCUT2D eigenvalue weighted by Gasteiger charge is -2.26. The quantitative estimate of drug-likeness (QED) is 0.749. The van der Waals surface area contributed by atoms with Crippen LogP contribution in [0.5, 0.6) is 0 Å². The van der Waals surface area contributed by atoms with Gasteiger partial charge in [-0.1, -0.05) is 5.21 Å². The summed E-state index contributed by atoms with van der Waals surface area (Å²) in [6.07, 6.45) is 4.53. The zero-order valence-electron chi connectivity index (χ0n) is 13.7. The van der Waals surface area contributed by atoms with Crippen LogP contribution in [0, 0.1) is 5.92 Å². The normalized spacial score (nSPS) is 21.4. The second kappa shape index (κ2) is 8.09. The minimum absolute atomic E-state index is 0.270. The van der Waals surface area contributed by atoms with Crippen molar-refractivity contribution in [1.29, 1.82) is 0 Å². The van der Waals surface area contributed by atoms with Gasteiger partial charge in [-0.15, -0.1) is 5.10 Å². The molecule has 9 heteroatoms. The molecule has 1 atom stereocenters. The molecule has 2 aliphatic heterocycles. The fourth-order valence-electron chi connectivity index (χ4n) is 3.03. The monoisotopic (exact) mass is 336 g/mol. The van der Waals surface area contributed by atoms with Crippen molar-refractivity contribution >= 4 is 12.0 Å². The van der Waals surface area contributed by atoms with Gasteiger partial charge in [0.25, 0.3) is 5.91 Å². The molecule has 1 aromatic heterocycles. The van der Waals surface area contributed by atoms with Crippen molar-refractivity contribution < 1.29 is 14.3 Å². The number of nitrogens with zero attached hydrogens (tertiary/aromatic N) is 4. The van der Waals surface area contributed by atoms with Gasteiger partial charge in [0, 0.05) is 26.2 Å². The first-order valence-electron chi connectivity index (χ1n) is 8.53. The maximum absolute atomic E-state index is 12.1. The lowest BCUT2D eigenvalue weighted by molar-refractivity contribution is 0.0719. The summed E-state index contributed by atoms with van der Waals surface area (Å²) >= 11 is 0. The minimum atomic E-state index is -0.317. The average Bonchev–Trinajstić information content (AvgIpc) is 3.06. The van der Waals surface area contributed by atoms with Gasteiger partial charge in [-0.05, 0) is 38.3 Å². The Morgan fingerprint density at radius 2 is 2.38 bits per heavy atom. The summed E-state index contributed by atoms with van der Waals surface area (Å²) in [5.41, 5.74) is 0.306. The SMILES string of the molecule is O=C(NCCN1CCCOC1=O)c1cn(C[C@H]2CCCNC2)nn1. The van der Waals surface area contributed by atoms with Crippen molar-refractivity contribution in [2.75, 3.05) is 39.3 Å². The van der Waals surface area contributed by atoms with Crippen LogP contribution in [0.25, 0.3) is 0 Å². The molecule has 0 aliphatic carbocycles. The Kier molecular flexibility index (Phi) is 5.63. The second-order valence-corrected chi connectivity index (χ2v) is 6.25. The molecule has 132 valence electrons. The predicted octanol–water partition coefficient (Wildman–Crippen LogP) is -0.150. The number of nitrogens with one attached hydrogen (secondary N) is 2. The number of carbonyl (C=O) groups is 2. The van der Waals surface area contributed by atoms with Crippen molar-refractivity contribution in [3.8, 4) is 0 Å². The lowest BCUT2D eigenvalue weighted by atomic mass is 10.00. The van der Waals surface area contributed by atoms with Crippen LogP contribution >= 0.6 is 0 Å². The molecule has 0 saturated carbocycles. The van der Waals surface area contributed by atoms with Crippen molar-refractivity contribution in [3.63, 3.8) is 0 Å². The number of piperidine rings is 1. The number of aromatic nitrogens is 3. The molecule has 0 unspecified atom stereocenters. The zero-order valence-corrected chi connectivity index (χ0v) is 13.7. The van der Waals surface area contributed by atoms with E-state index in [1.165, 1.54) is 12.8 Å². The molecule has 2 amide bonds. The van der Waals surface area contributed by atoms with Gasteiger partial charge in [-0.3, -0.25) is 9.48 Å². The van der Waals surface area contributed by atoms with E-state index in [-0.39, 0.29) is 12.0 Å². The lowest BCUT2D eigenvalue weighted by Crippen LogP contribution is -2.42. The highest BCUT2D eigenvalue weighted by molar-refractivity contribution is 5.91. The Hall–Kier alpha value is -2.16. The van der Waals surface area contributed by atoms with Crippen molar-refractivity contribution in [1.82, 2.24) is 30.5 Å². The fraction of sp³-hybridized carbons (Fsp3) is 0.733. The molecule has 2 N–H and O–H groups in total. The van der Waals surface area contributed by atoms with Gasteiger partial charge in [-0.2, -0.15) is 0 Å². The summed E-state index contributed by atoms with van der Waals surface area (Å²) < 4.78 is 6.68. The van der Waals surface area contributed by atoms with Crippen LogP contribution in [0.15, 0.2) is 6.20 Å². The Labute approximate surface area is 140 Å². The van der Waals surface area contributed by atoms with Crippen LogP contribution in [0.1, 0.15) is 29.8 Å². The Balaban J connectivity index is 1.42. The summed E-state index contributed by atoms with van der Waals surface area (Å²) in [4.78, 5) is 25.2. The molecule has 24 heavy (non-hydrogen) atoms. The smallest absolute Gasteiger partial charge is 0.409 e. The second-order valence-electron chi connectivity index (χ2n) is 6.25. The number of hydrogen-bond donors (Lipinski definition) is 2. The number of ether oxygens (including phenoxy) is 1. The van der Waals surface area contributed by atoms with Crippen molar-refractivity contribution in [2.45, 2.75) is 25.8 Å². The van der Waals surface area contributed by atoms with Gasteiger partial charge in [0.15, 0.2) is 5.69 Å². The van der Waals surface area contributed by atoms with Gasteiger partial charge >= 0.3 is 6.09 Å². The van der Waals surface area contributed by atoms with E-state index < -0.39 is 0 Å². The maximum Gasteiger partial charge on any atom is 0.409 e. The first-order valence-corrected chi connectivity index (χ1v) is 8.53. The van der Waals surface area contributed by atoms with E-state index in [1.54, 1.807) is 15.8 Å². The number of cyclic esters (lactones) is 1. The first-order chi connectivity index (χ1) is 11.7. The summed E-state index contributed by atoms with van der Waals surface area (Å²) in [5, 5.41) is 14.1. The maximum atomic E-state index is 12.1. The number of hydrogen-bond acceptors (Lipinski definition) is 6. The highest BCUT2D eigenvalue weighted by Crippen LogP contribution is 2.12. The molecule has 3 heterocycles. The van der Waals surface area contributed by atoms with Crippen molar-refractivity contribution in [3.05, 3.63) is 11.9 Å². The summed E-state index contributed by atoms with van der Waals surface area (Å²) in [7, 11) is 0. The van der Waals surface area contributed by atoms with E-state index in [4.69, 9.17) is 4.74 Å². The van der Waals surface area contributed by atoms with Crippen LogP contribution in [0.3, 0.4) is 0 Å². The Morgan fingerprint density at radius 1 is 1.46 bits per heavy atom.